The molecule has 0 spiro atoms. The van der Waals surface area contributed by atoms with E-state index in [9.17, 15) is 4.79 Å². The molecule has 0 atom stereocenters. The largest absolute Gasteiger partial charge is 0.497 e. The number of hydrogen-bond acceptors (Lipinski definition) is 4. The molecule has 0 N–H and O–H groups in total. The van der Waals surface area contributed by atoms with Gasteiger partial charge in [-0.25, -0.2) is 0 Å². The van der Waals surface area contributed by atoms with E-state index in [-0.39, 0.29) is 18.3 Å². The molecule has 2 saturated heterocycles. The van der Waals surface area contributed by atoms with Gasteiger partial charge < -0.3 is 19.3 Å². The van der Waals surface area contributed by atoms with Crippen molar-refractivity contribution in [2.24, 2.45) is 5.92 Å². The fraction of sp³-hybridized carbons (Fsp3) is 0.650. The van der Waals surface area contributed by atoms with E-state index < -0.39 is 0 Å². The SMILES string of the molecule is COc1cc(OC)cc(C(=O)N2CCC(N3CCC(C)CC3)CC2)c1.Cl. The first-order valence-corrected chi connectivity index (χ1v) is 9.37. The number of amides is 1. The van der Waals surface area contributed by atoms with E-state index in [0.717, 1.165) is 31.8 Å². The smallest absolute Gasteiger partial charge is 0.254 e. The molecule has 2 aliphatic rings. The molecule has 3 rings (SSSR count). The molecule has 0 saturated carbocycles. The molecule has 0 aliphatic carbocycles. The van der Waals surface area contributed by atoms with Gasteiger partial charge in [-0.2, -0.15) is 0 Å². The Morgan fingerprint density at radius 1 is 0.923 bits per heavy atom. The highest BCUT2D eigenvalue weighted by molar-refractivity contribution is 5.95. The number of ether oxygens (including phenoxy) is 2. The van der Waals surface area contributed by atoms with Gasteiger partial charge in [-0.3, -0.25) is 4.79 Å². The Bertz CT molecular complexity index is 572. The molecule has 146 valence electrons. The number of carbonyl (C=O) groups excluding carboxylic acids is 1. The Labute approximate surface area is 163 Å². The van der Waals surface area contributed by atoms with E-state index in [0.29, 0.717) is 23.1 Å². The molecule has 0 aromatic heterocycles. The van der Waals surface area contributed by atoms with Gasteiger partial charge in [0.1, 0.15) is 11.5 Å². The predicted octanol–water partition coefficient (Wildman–Crippen LogP) is 3.46. The van der Waals surface area contributed by atoms with Crippen LogP contribution < -0.4 is 9.47 Å². The normalized spacial score (nSPS) is 19.7. The topological polar surface area (TPSA) is 42.0 Å². The van der Waals surface area contributed by atoms with Crippen LogP contribution in [0, 0.1) is 5.92 Å². The monoisotopic (exact) mass is 382 g/mol. The molecule has 2 fully saturated rings. The summed E-state index contributed by atoms with van der Waals surface area (Å²) in [7, 11) is 3.21. The number of benzene rings is 1. The zero-order chi connectivity index (χ0) is 17.8. The van der Waals surface area contributed by atoms with Crippen molar-refractivity contribution >= 4 is 18.3 Å². The van der Waals surface area contributed by atoms with Crippen LogP contribution in [0.15, 0.2) is 18.2 Å². The average Bonchev–Trinajstić information content (AvgIpc) is 2.67. The minimum atomic E-state index is 0. The van der Waals surface area contributed by atoms with Gasteiger partial charge in [0.05, 0.1) is 14.2 Å². The summed E-state index contributed by atoms with van der Waals surface area (Å²) in [4.78, 5) is 17.5. The third kappa shape index (κ3) is 4.83. The fourth-order valence-electron chi connectivity index (χ4n) is 3.94. The Kier molecular flexibility index (Phi) is 7.59. The lowest BCUT2D eigenvalue weighted by Crippen LogP contribution is -2.48. The van der Waals surface area contributed by atoms with Crippen LogP contribution in [0.3, 0.4) is 0 Å². The van der Waals surface area contributed by atoms with Gasteiger partial charge in [-0.05, 0) is 56.8 Å². The molecule has 0 bridgehead atoms. The molecule has 1 aromatic rings. The number of likely N-dealkylation sites (tertiary alicyclic amines) is 2. The summed E-state index contributed by atoms with van der Waals surface area (Å²) in [5.41, 5.74) is 0.640. The highest BCUT2D eigenvalue weighted by Gasteiger charge is 2.29. The van der Waals surface area contributed by atoms with Crippen molar-refractivity contribution in [3.8, 4) is 11.5 Å². The number of rotatable bonds is 4. The molecule has 1 amide bonds. The van der Waals surface area contributed by atoms with Crippen molar-refractivity contribution in [3.05, 3.63) is 23.8 Å². The quantitative estimate of drug-likeness (QED) is 0.799. The van der Waals surface area contributed by atoms with E-state index in [1.807, 2.05) is 4.90 Å². The van der Waals surface area contributed by atoms with Crippen molar-refractivity contribution < 1.29 is 14.3 Å². The van der Waals surface area contributed by atoms with Crippen LogP contribution in [0.4, 0.5) is 0 Å². The van der Waals surface area contributed by atoms with Gasteiger partial charge in [-0.1, -0.05) is 6.92 Å². The third-order valence-corrected chi connectivity index (χ3v) is 5.68. The van der Waals surface area contributed by atoms with Gasteiger partial charge in [0.15, 0.2) is 0 Å². The van der Waals surface area contributed by atoms with Crippen LogP contribution in [0.2, 0.25) is 0 Å². The molecule has 5 nitrogen and oxygen atoms in total. The molecular formula is C20H31ClN2O3. The van der Waals surface area contributed by atoms with Crippen LogP contribution >= 0.6 is 12.4 Å². The fourth-order valence-corrected chi connectivity index (χ4v) is 3.94. The molecule has 2 heterocycles. The maximum Gasteiger partial charge on any atom is 0.254 e. The second-order valence-corrected chi connectivity index (χ2v) is 7.34. The lowest BCUT2D eigenvalue weighted by Gasteiger charge is -2.41. The zero-order valence-corrected chi connectivity index (χ0v) is 16.9. The third-order valence-electron chi connectivity index (χ3n) is 5.68. The highest BCUT2D eigenvalue weighted by Crippen LogP contribution is 2.26. The standard InChI is InChI=1S/C20H30N2O3.ClH/c1-15-4-8-21(9-5-15)17-6-10-22(11-7-17)20(23)16-12-18(24-2)14-19(13-16)25-3;/h12-15,17H,4-11H2,1-3H3;1H. The van der Waals surface area contributed by atoms with E-state index >= 15 is 0 Å². The second kappa shape index (κ2) is 9.47. The first-order valence-electron chi connectivity index (χ1n) is 9.37. The summed E-state index contributed by atoms with van der Waals surface area (Å²) in [6, 6.07) is 6.02. The van der Waals surface area contributed by atoms with Crippen LogP contribution in [-0.2, 0) is 0 Å². The molecule has 2 aliphatic heterocycles. The summed E-state index contributed by atoms with van der Waals surface area (Å²) in [5.74, 6) is 2.24. The van der Waals surface area contributed by atoms with E-state index in [2.05, 4.69) is 11.8 Å². The number of halogens is 1. The van der Waals surface area contributed by atoms with E-state index in [1.165, 1.54) is 25.9 Å². The van der Waals surface area contributed by atoms with E-state index in [4.69, 9.17) is 9.47 Å². The second-order valence-electron chi connectivity index (χ2n) is 7.34. The number of nitrogens with zero attached hydrogens (tertiary/aromatic N) is 2. The highest BCUT2D eigenvalue weighted by atomic mass is 35.5. The van der Waals surface area contributed by atoms with Crippen molar-refractivity contribution in [1.29, 1.82) is 0 Å². The lowest BCUT2D eigenvalue weighted by molar-refractivity contribution is 0.0559. The molecule has 1 aromatic carbocycles. The summed E-state index contributed by atoms with van der Waals surface area (Å²) < 4.78 is 10.6. The average molecular weight is 383 g/mol. The maximum absolute atomic E-state index is 12.9. The van der Waals surface area contributed by atoms with Gasteiger partial charge in [0.2, 0.25) is 0 Å². The number of piperidine rings is 2. The summed E-state index contributed by atoms with van der Waals surface area (Å²) in [6.07, 6.45) is 4.76. The first-order chi connectivity index (χ1) is 12.1. The summed E-state index contributed by atoms with van der Waals surface area (Å²) >= 11 is 0. The van der Waals surface area contributed by atoms with Crippen molar-refractivity contribution in [2.75, 3.05) is 40.4 Å². The molecule has 0 radical (unpaired) electrons. The number of hydrogen-bond donors (Lipinski definition) is 0. The molecule has 6 heteroatoms. The predicted molar refractivity (Wildman–Crippen MR) is 106 cm³/mol. The lowest BCUT2D eigenvalue weighted by atomic mass is 9.94. The Morgan fingerprint density at radius 3 is 1.96 bits per heavy atom. The maximum atomic E-state index is 12.9. The van der Waals surface area contributed by atoms with Crippen molar-refractivity contribution in [2.45, 2.75) is 38.6 Å². The first kappa shape index (κ1) is 20.8. The molecule has 26 heavy (non-hydrogen) atoms. The van der Waals surface area contributed by atoms with Crippen molar-refractivity contribution in [1.82, 2.24) is 9.80 Å². The Balaban J connectivity index is 0.00000243. The Hall–Kier alpha value is -1.46. The van der Waals surface area contributed by atoms with Crippen molar-refractivity contribution in [3.63, 3.8) is 0 Å². The van der Waals surface area contributed by atoms with Gasteiger partial charge in [0, 0.05) is 30.8 Å². The number of carbonyl (C=O) groups is 1. The summed E-state index contributed by atoms with van der Waals surface area (Å²) in [6.45, 7) is 6.44. The molecule has 0 unspecified atom stereocenters. The summed E-state index contributed by atoms with van der Waals surface area (Å²) in [5, 5.41) is 0. The Morgan fingerprint density at radius 2 is 1.46 bits per heavy atom. The molecular weight excluding hydrogens is 352 g/mol. The number of methoxy groups -OCH3 is 2. The van der Waals surface area contributed by atoms with Crippen LogP contribution in [0.1, 0.15) is 43.0 Å². The van der Waals surface area contributed by atoms with Gasteiger partial charge in [-0.15, -0.1) is 12.4 Å². The van der Waals surface area contributed by atoms with Gasteiger partial charge >= 0.3 is 0 Å². The van der Waals surface area contributed by atoms with Crippen LogP contribution in [0.5, 0.6) is 11.5 Å². The van der Waals surface area contributed by atoms with Crippen LogP contribution in [-0.4, -0.2) is 62.1 Å². The zero-order valence-electron chi connectivity index (χ0n) is 16.1. The minimum absolute atomic E-state index is 0. The van der Waals surface area contributed by atoms with Gasteiger partial charge in [0.25, 0.3) is 5.91 Å². The van der Waals surface area contributed by atoms with Crippen LogP contribution in [0.25, 0.3) is 0 Å². The van der Waals surface area contributed by atoms with E-state index in [1.54, 1.807) is 32.4 Å². The minimum Gasteiger partial charge on any atom is -0.497 e.